The van der Waals surface area contributed by atoms with Crippen molar-refractivity contribution in [3.8, 4) is 6.07 Å². The molecule has 8 nitrogen and oxygen atoms in total. The van der Waals surface area contributed by atoms with E-state index in [9.17, 15) is 9.59 Å². The van der Waals surface area contributed by atoms with E-state index in [0.717, 1.165) is 13.0 Å². The number of aryl methyl sites for hydroxylation is 1. The Labute approximate surface area is 178 Å². The Kier molecular flexibility index (Phi) is 10.2. The molecule has 0 fully saturated rings. The van der Waals surface area contributed by atoms with Crippen LogP contribution in [0.5, 0.6) is 0 Å². The van der Waals surface area contributed by atoms with E-state index in [0.29, 0.717) is 23.3 Å². The number of hydrogen-bond donors (Lipinski definition) is 1. The molecule has 2 rings (SSSR count). The first-order valence-electron chi connectivity index (χ1n) is 9.18. The average Bonchev–Trinajstić information content (AvgIpc) is 2.62. The zero-order valence-corrected chi connectivity index (χ0v) is 18.9. The molecule has 0 atom stereocenters. The van der Waals surface area contributed by atoms with E-state index in [1.807, 2.05) is 40.7 Å². The van der Waals surface area contributed by atoms with E-state index in [2.05, 4.69) is 4.98 Å². The molecular formula is C20H31N5O3S. The second-order valence-electron chi connectivity index (χ2n) is 7.23. The van der Waals surface area contributed by atoms with E-state index >= 15 is 0 Å². The summed E-state index contributed by atoms with van der Waals surface area (Å²) in [4.78, 5) is 28.6. The number of nitrogens with two attached hydrogens (primary N) is 1. The number of anilines is 1. The Morgan fingerprint density at radius 3 is 2.45 bits per heavy atom. The van der Waals surface area contributed by atoms with Gasteiger partial charge in [-0.05, 0) is 46.2 Å². The molecule has 2 heterocycles. The Morgan fingerprint density at radius 1 is 1.34 bits per heavy atom. The van der Waals surface area contributed by atoms with Gasteiger partial charge < -0.3 is 19.9 Å². The molecular weight excluding hydrogens is 390 g/mol. The fourth-order valence-corrected chi connectivity index (χ4v) is 2.39. The Bertz CT molecular complexity index is 929. The van der Waals surface area contributed by atoms with Gasteiger partial charge in [0.1, 0.15) is 22.9 Å². The number of amides is 1. The molecule has 0 aliphatic rings. The summed E-state index contributed by atoms with van der Waals surface area (Å²) in [6.07, 6.45) is 0.754. The normalized spacial score (nSPS) is 10.2. The van der Waals surface area contributed by atoms with Crippen molar-refractivity contribution in [2.45, 2.75) is 46.6 Å². The zero-order chi connectivity index (χ0) is 21.5. The lowest BCUT2D eigenvalue weighted by atomic mass is 10.2. The van der Waals surface area contributed by atoms with E-state index in [-0.39, 0.29) is 30.8 Å². The van der Waals surface area contributed by atoms with Crippen molar-refractivity contribution in [1.29, 1.82) is 5.26 Å². The van der Waals surface area contributed by atoms with Crippen molar-refractivity contribution < 1.29 is 9.53 Å². The summed E-state index contributed by atoms with van der Waals surface area (Å²) in [5.41, 5.74) is 6.77. The highest BCUT2D eigenvalue weighted by Gasteiger charge is 2.20. The maximum Gasteiger partial charge on any atom is 0.410 e. The largest absolute Gasteiger partial charge is 0.444 e. The number of nitrogen functional groups attached to an aromatic ring is 1. The fourth-order valence-electron chi connectivity index (χ4n) is 2.39. The lowest BCUT2D eigenvalue weighted by Crippen LogP contribution is -2.37. The van der Waals surface area contributed by atoms with Crippen LogP contribution in [0, 0.1) is 11.3 Å². The van der Waals surface area contributed by atoms with Crippen LogP contribution >= 0.6 is 13.5 Å². The number of hydrogen-bond acceptors (Lipinski definition) is 6. The predicted octanol–water partition coefficient (Wildman–Crippen LogP) is 3.15. The molecule has 0 saturated carbocycles. The van der Waals surface area contributed by atoms with Crippen molar-refractivity contribution >= 4 is 36.3 Å². The zero-order valence-electron chi connectivity index (χ0n) is 17.9. The molecule has 9 heteroatoms. The van der Waals surface area contributed by atoms with Crippen molar-refractivity contribution in [1.82, 2.24) is 14.5 Å². The van der Waals surface area contributed by atoms with Crippen LogP contribution in [0.4, 0.5) is 10.5 Å². The van der Waals surface area contributed by atoms with Gasteiger partial charge >= 0.3 is 6.09 Å². The molecule has 29 heavy (non-hydrogen) atoms. The Hall–Kier alpha value is -2.73. The minimum Gasteiger partial charge on any atom is -0.444 e. The van der Waals surface area contributed by atoms with Crippen LogP contribution in [0.1, 0.15) is 46.7 Å². The van der Waals surface area contributed by atoms with E-state index in [4.69, 9.17) is 15.7 Å². The third-order valence-corrected chi connectivity index (χ3v) is 3.76. The second kappa shape index (κ2) is 11.3. The molecule has 2 aromatic rings. The number of ether oxygens (including phenoxy) is 1. The van der Waals surface area contributed by atoms with Crippen molar-refractivity contribution in [2.24, 2.45) is 7.05 Å². The van der Waals surface area contributed by atoms with Crippen molar-refractivity contribution in [3.63, 3.8) is 0 Å². The first-order chi connectivity index (χ1) is 13.0. The van der Waals surface area contributed by atoms with E-state index in [1.54, 1.807) is 24.1 Å². The van der Waals surface area contributed by atoms with E-state index < -0.39 is 5.60 Å². The minimum atomic E-state index is -0.391. The molecule has 0 aliphatic heterocycles. The quantitative estimate of drug-likeness (QED) is 0.814. The highest BCUT2D eigenvalue weighted by Crippen LogP contribution is 2.16. The average molecular weight is 422 g/mol. The van der Waals surface area contributed by atoms with Gasteiger partial charge in [-0.1, -0.05) is 6.92 Å². The molecule has 0 aliphatic carbocycles. The molecule has 0 spiro atoms. The van der Waals surface area contributed by atoms with Gasteiger partial charge in [-0.15, -0.1) is 0 Å². The molecule has 0 saturated heterocycles. The third kappa shape index (κ3) is 7.66. The molecule has 0 bridgehead atoms. The van der Waals surface area contributed by atoms with E-state index in [1.165, 1.54) is 10.6 Å². The van der Waals surface area contributed by atoms with Gasteiger partial charge in [0.25, 0.3) is 5.56 Å². The number of nitriles is 1. The number of carbonyl (C=O) groups is 1. The van der Waals surface area contributed by atoms with Gasteiger partial charge in [0.15, 0.2) is 0 Å². The van der Waals surface area contributed by atoms with Gasteiger partial charge in [0, 0.05) is 26.2 Å². The monoisotopic (exact) mass is 421 g/mol. The smallest absolute Gasteiger partial charge is 0.410 e. The summed E-state index contributed by atoms with van der Waals surface area (Å²) in [6.45, 7) is 11.1. The maximum atomic E-state index is 11.5. The summed E-state index contributed by atoms with van der Waals surface area (Å²) in [5.74, 6) is 0. The summed E-state index contributed by atoms with van der Waals surface area (Å²) in [7, 11) is 1.64. The summed E-state index contributed by atoms with van der Waals surface area (Å²) < 4.78 is 6.67. The highest BCUT2D eigenvalue weighted by molar-refractivity contribution is 7.59. The molecule has 0 aromatic carbocycles. The van der Waals surface area contributed by atoms with Crippen LogP contribution in [0.25, 0.3) is 11.0 Å². The molecule has 2 aromatic heterocycles. The summed E-state index contributed by atoms with van der Waals surface area (Å²) >= 11 is 0. The fraction of sp³-hybridized carbons (Fsp3) is 0.500. The number of fused-ring (bicyclic) bond motifs is 1. The van der Waals surface area contributed by atoms with Crippen LogP contribution in [0.3, 0.4) is 0 Å². The standard InChI is InChI=1S/C10H8N4O.C10H21NO2.H2S/c1-14-8-3-2-6(5-11)13-10(8)7(12)4-9(14)15;1-6-8-11(7-2)9(12)13-10(3,4)5;/h2-4H,12H2,1H3;6-8H2,1-5H3;1H2. The van der Waals surface area contributed by atoms with Gasteiger partial charge in [0.05, 0.1) is 11.2 Å². The van der Waals surface area contributed by atoms with Crippen LogP contribution in [-0.2, 0) is 11.8 Å². The number of carbonyl (C=O) groups excluding carboxylic acids is 1. The van der Waals surface area contributed by atoms with Crippen LogP contribution in [0.15, 0.2) is 23.0 Å². The minimum absolute atomic E-state index is 0. The highest BCUT2D eigenvalue weighted by atomic mass is 32.1. The first-order valence-corrected chi connectivity index (χ1v) is 9.18. The Balaban J connectivity index is 0.000000530. The SMILES string of the molecule is CCCN(CC)C(=O)OC(C)(C)C.Cn1c(=O)cc(N)c2nc(C#N)ccc21.S. The van der Waals surface area contributed by atoms with Crippen LogP contribution in [-0.4, -0.2) is 39.2 Å². The lowest BCUT2D eigenvalue weighted by Gasteiger charge is -2.26. The molecule has 160 valence electrons. The topological polar surface area (TPSA) is 114 Å². The Morgan fingerprint density at radius 2 is 1.97 bits per heavy atom. The van der Waals surface area contributed by atoms with Gasteiger partial charge in [-0.25, -0.2) is 9.78 Å². The van der Waals surface area contributed by atoms with Crippen LogP contribution < -0.4 is 11.3 Å². The van der Waals surface area contributed by atoms with Crippen molar-refractivity contribution in [2.75, 3.05) is 18.8 Å². The van der Waals surface area contributed by atoms with Crippen LogP contribution in [0.2, 0.25) is 0 Å². The maximum absolute atomic E-state index is 11.5. The third-order valence-electron chi connectivity index (χ3n) is 3.76. The molecule has 1 amide bonds. The molecule has 0 unspecified atom stereocenters. The number of aromatic nitrogens is 2. The van der Waals surface area contributed by atoms with Gasteiger partial charge in [-0.3, -0.25) is 4.79 Å². The molecule has 0 radical (unpaired) electrons. The lowest BCUT2D eigenvalue weighted by molar-refractivity contribution is 0.0260. The summed E-state index contributed by atoms with van der Waals surface area (Å²) in [6, 6.07) is 6.45. The second-order valence-corrected chi connectivity index (χ2v) is 7.23. The predicted molar refractivity (Wildman–Crippen MR) is 120 cm³/mol. The van der Waals surface area contributed by atoms with Gasteiger partial charge in [-0.2, -0.15) is 18.8 Å². The van der Waals surface area contributed by atoms with Crippen molar-refractivity contribution in [3.05, 3.63) is 34.2 Å². The first kappa shape index (κ1) is 26.3. The molecule has 2 N–H and O–H groups in total. The summed E-state index contributed by atoms with van der Waals surface area (Å²) in [5, 5.41) is 8.69. The van der Waals surface area contributed by atoms with Gasteiger partial charge in [0.2, 0.25) is 0 Å². The number of nitrogens with zero attached hydrogens (tertiary/aromatic N) is 4. The number of rotatable bonds is 3. The number of pyridine rings is 2.